The molecule has 1 aromatic carbocycles. The van der Waals surface area contributed by atoms with Gasteiger partial charge in [-0.05, 0) is 24.3 Å². The predicted octanol–water partition coefficient (Wildman–Crippen LogP) is 2.73. The lowest BCUT2D eigenvalue weighted by atomic mass is 10.2. The van der Waals surface area contributed by atoms with Crippen LogP contribution in [-0.2, 0) is 14.8 Å². The Morgan fingerprint density at radius 1 is 1.17 bits per heavy atom. The number of amides is 1. The van der Waals surface area contributed by atoms with Gasteiger partial charge in [-0.3, -0.25) is 4.79 Å². The van der Waals surface area contributed by atoms with Crippen LogP contribution in [0.2, 0.25) is 4.34 Å². The zero-order valence-corrected chi connectivity index (χ0v) is 15.9. The lowest BCUT2D eigenvalue weighted by Crippen LogP contribution is -2.34. The molecule has 0 aliphatic heterocycles. The van der Waals surface area contributed by atoms with Crippen LogP contribution in [0, 0.1) is 0 Å². The first-order chi connectivity index (χ1) is 11.2. The van der Waals surface area contributed by atoms with E-state index < -0.39 is 15.9 Å². The van der Waals surface area contributed by atoms with E-state index in [0.29, 0.717) is 10.0 Å². The molecule has 0 saturated heterocycles. The molecule has 1 heterocycles. The topological polar surface area (TPSA) is 69.7 Å². The quantitative estimate of drug-likeness (QED) is 0.827. The molecule has 2 rings (SSSR count). The Bertz CT molecular complexity index is 834. The lowest BCUT2D eigenvalue weighted by molar-refractivity contribution is -0.116. The van der Waals surface area contributed by atoms with Gasteiger partial charge >= 0.3 is 0 Å². The van der Waals surface area contributed by atoms with Crippen molar-refractivity contribution in [1.82, 2.24) is 4.31 Å². The highest BCUT2D eigenvalue weighted by Crippen LogP contribution is 2.28. The summed E-state index contributed by atoms with van der Waals surface area (Å²) < 4.78 is 26.3. The smallest absolute Gasteiger partial charge is 0.252 e. The van der Waals surface area contributed by atoms with Crippen LogP contribution in [0.1, 0.15) is 0 Å². The van der Waals surface area contributed by atoms with E-state index in [4.69, 9.17) is 11.6 Å². The number of sulfonamides is 1. The summed E-state index contributed by atoms with van der Waals surface area (Å²) in [6.45, 7) is -0.292. The van der Waals surface area contributed by atoms with Gasteiger partial charge in [0.1, 0.15) is 4.21 Å². The highest BCUT2D eigenvalue weighted by molar-refractivity contribution is 7.91. The molecule has 0 bridgehead atoms. The number of carbonyl (C=O) groups is 1. The Morgan fingerprint density at radius 2 is 1.83 bits per heavy atom. The summed E-state index contributed by atoms with van der Waals surface area (Å²) in [4.78, 5) is 14.1. The number of rotatable bonds is 6. The summed E-state index contributed by atoms with van der Waals surface area (Å²) in [5.74, 6) is -0.418. The fraction of sp³-hybridized carbons (Fsp3) is 0.267. The number of likely N-dealkylation sites (N-methyl/N-ethyl adjacent to an activating group) is 1. The van der Waals surface area contributed by atoms with Crippen LogP contribution >= 0.6 is 22.9 Å². The number of nitrogens with one attached hydrogen (secondary N) is 1. The summed E-state index contributed by atoms with van der Waals surface area (Å²) in [5.41, 5.74) is 1.46. The molecule has 0 spiro atoms. The second-order valence-corrected chi connectivity index (χ2v) is 9.27. The monoisotopic (exact) mass is 387 g/mol. The van der Waals surface area contributed by atoms with Crippen LogP contribution in [0.4, 0.5) is 11.4 Å². The fourth-order valence-electron chi connectivity index (χ4n) is 2.04. The van der Waals surface area contributed by atoms with Gasteiger partial charge in [0.25, 0.3) is 10.0 Å². The summed E-state index contributed by atoms with van der Waals surface area (Å²) in [6.07, 6.45) is 0. The third-order valence-electron chi connectivity index (χ3n) is 3.24. The van der Waals surface area contributed by atoms with Gasteiger partial charge < -0.3 is 10.2 Å². The maximum Gasteiger partial charge on any atom is 0.252 e. The molecule has 1 N–H and O–H groups in total. The van der Waals surface area contributed by atoms with Crippen LogP contribution < -0.4 is 10.2 Å². The first-order valence-electron chi connectivity index (χ1n) is 6.99. The number of thiophene rings is 1. The molecule has 130 valence electrons. The molecule has 24 heavy (non-hydrogen) atoms. The van der Waals surface area contributed by atoms with Gasteiger partial charge in [0.15, 0.2) is 0 Å². The summed E-state index contributed by atoms with van der Waals surface area (Å²) in [5, 5.41) is 2.74. The Kier molecular flexibility index (Phi) is 5.87. The van der Waals surface area contributed by atoms with Crippen molar-refractivity contribution < 1.29 is 13.2 Å². The molecule has 1 aromatic heterocycles. The molecule has 0 saturated carbocycles. The van der Waals surface area contributed by atoms with Crippen LogP contribution in [-0.4, -0.2) is 46.3 Å². The van der Waals surface area contributed by atoms with E-state index in [-0.39, 0.29) is 10.8 Å². The average molecular weight is 388 g/mol. The van der Waals surface area contributed by atoms with Crippen molar-refractivity contribution in [3.63, 3.8) is 0 Å². The number of hydrogen-bond donors (Lipinski definition) is 1. The molecule has 0 aliphatic carbocycles. The maximum absolute atomic E-state index is 12.4. The number of halogens is 1. The number of hydrogen-bond acceptors (Lipinski definition) is 5. The number of carbonyl (C=O) groups excluding carboxylic acids is 1. The minimum Gasteiger partial charge on any atom is -0.376 e. The van der Waals surface area contributed by atoms with Crippen molar-refractivity contribution in [2.45, 2.75) is 4.21 Å². The van der Waals surface area contributed by atoms with Gasteiger partial charge in [0.2, 0.25) is 5.91 Å². The second kappa shape index (κ2) is 7.52. The van der Waals surface area contributed by atoms with Gasteiger partial charge in [-0.2, -0.15) is 4.31 Å². The van der Waals surface area contributed by atoms with Crippen molar-refractivity contribution >= 4 is 50.2 Å². The van der Waals surface area contributed by atoms with Crippen molar-refractivity contribution in [2.24, 2.45) is 0 Å². The standard InChI is InChI=1S/C15H18ClN3O3S2/c1-18(2)12-7-5-4-6-11(12)17-14(20)10-19(3)24(21,22)15-9-8-13(16)23-15/h4-9H,10H2,1-3H3,(H,17,20). The van der Waals surface area contributed by atoms with Gasteiger partial charge in [-0.15, -0.1) is 11.3 Å². The van der Waals surface area contributed by atoms with Crippen LogP contribution in [0.3, 0.4) is 0 Å². The molecule has 0 fully saturated rings. The number of benzene rings is 1. The molecule has 0 aliphatic rings. The van der Waals surface area contributed by atoms with E-state index in [9.17, 15) is 13.2 Å². The third kappa shape index (κ3) is 4.27. The summed E-state index contributed by atoms with van der Waals surface area (Å²) >= 11 is 6.74. The van der Waals surface area contributed by atoms with Gasteiger partial charge in [0.05, 0.1) is 22.3 Å². The SMILES string of the molecule is CN(C)c1ccccc1NC(=O)CN(C)S(=O)(=O)c1ccc(Cl)s1. The molecule has 0 unspecified atom stereocenters. The van der Waals surface area contributed by atoms with Crippen LogP contribution in [0.5, 0.6) is 0 Å². The zero-order chi connectivity index (χ0) is 17.9. The zero-order valence-electron chi connectivity index (χ0n) is 13.5. The van der Waals surface area contributed by atoms with Crippen LogP contribution in [0.15, 0.2) is 40.6 Å². The van der Waals surface area contributed by atoms with Crippen molar-refractivity contribution in [3.05, 3.63) is 40.7 Å². The molecule has 1 amide bonds. The normalized spacial score (nSPS) is 11.5. The fourth-order valence-corrected chi connectivity index (χ4v) is 4.86. The van der Waals surface area contributed by atoms with Crippen molar-refractivity contribution in [1.29, 1.82) is 0 Å². The largest absolute Gasteiger partial charge is 0.376 e. The van der Waals surface area contributed by atoms with Crippen molar-refractivity contribution in [3.8, 4) is 0 Å². The molecule has 6 nitrogen and oxygen atoms in total. The van der Waals surface area contributed by atoms with E-state index in [1.807, 2.05) is 31.1 Å². The molecule has 2 aromatic rings. The third-order valence-corrected chi connectivity index (χ3v) is 6.74. The highest BCUT2D eigenvalue weighted by Gasteiger charge is 2.25. The van der Waals surface area contributed by atoms with E-state index >= 15 is 0 Å². The number of anilines is 2. The summed E-state index contributed by atoms with van der Waals surface area (Å²) in [6, 6.07) is 10.2. The van der Waals surface area contributed by atoms with Gasteiger partial charge in [0, 0.05) is 21.1 Å². The first-order valence-corrected chi connectivity index (χ1v) is 9.63. The molecular weight excluding hydrogens is 370 g/mol. The molecule has 9 heteroatoms. The minimum absolute atomic E-state index is 0.108. The average Bonchev–Trinajstić information content (AvgIpc) is 2.94. The molecule has 0 atom stereocenters. The van der Waals surface area contributed by atoms with E-state index in [1.54, 1.807) is 12.1 Å². The summed E-state index contributed by atoms with van der Waals surface area (Å²) in [7, 11) is 1.35. The number of para-hydroxylation sites is 2. The molecular formula is C15H18ClN3O3S2. The Labute approximate surface area is 150 Å². The van der Waals surface area contributed by atoms with Crippen molar-refractivity contribution in [2.75, 3.05) is 37.9 Å². The number of nitrogens with zero attached hydrogens (tertiary/aromatic N) is 2. The lowest BCUT2D eigenvalue weighted by Gasteiger charge is -2.19. The van der Waals surface area contributed by atoms with Gasteiger partial charge in [-0.25, -0.2) is 8.42 Å². The second-order valence-electron chi connectivity index (χ2n) is 5.28. The minimum atomic E-state index is -3.74. The first kappa shape index (κ1) is 18.7. The maximum atomic E-state index is 12.4. The van der Waals surface area contributed by atoms with Crippen LogP contribution in [0.25, 0.3) is 0 Å². The molecule has 0 radical (unpaired) electrons. The van der Waals surface area contributed by atoms with E-state index in [1.165, 1.54) is 19.2 Å². The Balaban J connectivity index is 2.10. The Morgan fingerprint density at radius 3 is 2.42 bits per heavy atom. The van der Waals surface area contributed by atoms with E-state index in [0.717, 1.165) is 21.3 Å². The van der Waals surface area contributed by atoms with Gasteiger partial charge in [-0.1, -0.05) is 23.7 Å². The predicted molar refractivity (Wildman–Crippen MR) is 98.5 cm³/mol. The highest BCUT2D eigenvalue weighted by atomic mass is 35.5. The van der Waals surface area contributed by atoms with E-state index in [2.05, 4.69) is 5.32 Å². The Hall–Kier alpha value is -1.61.